The molecule has 2 bridgehead atoms. The molecule has 3 N–H and O–H groups in total. The average Bonchev–Trinajstić information content (AvgIpc) is 3.19. The van der Waals surface area contributed by atoms with Crippen molar-refractivity contribution in [2.24, 2.45) is 11.8 Å². The number of nitrogens with zero attached hydrogens (tertiary/aromatic N) is 4. The lowest BCUT2D eigenvalue weighted by atomic mass is 9.68. The Morgan fingerprint density at radius 3 is 2.65 bits per heavy atom. The fourth-order valence-electron chi connectivity index (χ4n) is 4.65. The molecule has 3 fully saturated rings. The maximum atomic E-state index is 14.7. The third-order valence-corrected chi connectivity index (χ3v) is 6.08. The van der Waals surface area contributed by atoms with Crippen LogP contribution in [0.4, 0.5) is 14.6 Å². The molecule has 0 saturated heterocycles. The maximum Gasteiger partial charge on any atom is 0.290 e. The second-order valence-corrected chi connectivity index (χ2v) is 7.82. The van der Waals surface area contributed by atoms with Gasteiger partial charge in [-0.05, 0) is 43.2 Å². The molecule has 10 heteroatoms. The van der Waals surface area contributed by atoms with E-state index in [4.69, 9.17) is 9.90 Å². The molecule has 8 nitrogen and oxygen atoms in total. The minimum atomic E-state index is -0.560. The smallest absolute Gasteiger partial charge is 0.290 e. The largest absolute Gasteiger partial charge is 0.483 e. The number of aromatic amines is 1. The Morgan fingerprint density at radius 2 is 2.00 bits per heavy atom. The predicted molar refractivity (Wildman–Crippen MR) is 108 cm³/mol. The quantitative estimate of drug-likeness (QED) is 0.543. The van der Waals surface area contributed by atoms with Gasteiger partial charge in [-0.25, -0.2) is 18.7 Å². The second-order valence-electron chi connectivity index (χ2n) is 7.82. The molecule has 3 aliphatic carbocycles. The molecule has 0 aliphatic heterocycles. The number of carbonyl (C=O) groups is 1. The van der Waals surface area contributed by atoms with Gasteiger partial charge in [0.15, 0.2) is 17.3 Å². The van der Waals surface area contributed by atoms with E-state index in [1.807, 2.05) is 6.07 Å². The maximum absolute atomic E-state index is 14.7. The Hall–Kier alpha value is -3.61. The van der Waals surface area contributed by atoms with Gasteiger partial charge in [-0.3, -0.25) is 9.89 Å². The van der Waals surface area contributed by atoms with Crippen LogP contribution in [0.1, 0.15) is 37.7 Å². The molecule has 3 saturated carbocycles. The molecule has 31 heavy (non-hydrogen) atoms. The summed E-state index contributed by atoms with van der Waals surface area (Å²) in [6.07, 6.45) is 6.89. The Balaban J connectivity index is 0.000000730. The predicted octanol–water partition coefficient (Wildman–Crippen LogP) is 3.86. The van der Waals surface area contributed by atoms with Gasteiger partial charge in [0.1, 0.15) is 17.6 Å². The lowest BCUT2D eigenvalue weighted by Crippen LogP contribution is -2.40. The second kappa shape index (κ2) is 8.63. The van der Waals surface area contributed by atoms with E-state index in [2.05, 4.69) is 25.5 Å². The van der Waals surface area contributed by atoms with Crippen LogP contribution in [-0.4, -0.2) is 37.8 Å². The molecule has 3 heterocycles. The van der Waals surface area contributed by atoms with Crippen LogP contribution in [0.5, 0.6) is 0 Å². The van der Waals surface area contributed by atoms with Crippen molar-refractivity contribution in [3.63, 3.8) is 0 Å². The Labute approximate surface area is 176 Å². The first kappa shape index (κ1) is 20.7. The van der Waals surface area contributed by atoms with Crippen molar-refractivity contribution in [1.29, 1.82) is 5.26 Å². The molecule has 6 rings (SSSR count). The zero-order chi connectivity index (χ0) is 22.0. The Bertz CT molecular complexity index is 1150. The number of fused-ring (bicyclic) bond motifs is 4. The highest BCUT2D eigenvalue weighted by Crippen LogP contribution is 2.42. The SMILES string of the molecule is N#Cc1cc(F)c(N[C@H]2CC3CCC2CC3)nc1-c1[nH]nc2ncc(F)cc12.O=CO. The van der Waals surface area contributed by atoms with Crippen LogP contribution >= 0.6 is 0 Å². The number of nitriles is 1. The molecule has 0 spiro atoms. The fourth-order valence-corrected chi connectivity index (χ4v) is 4.65. The molecule has 3 aliphatic rings. The third kappa shape index (κ3) is 4.03. The van der Waals surface area contributed by atoms with Crippen molar-refractivity contribution in [2.75, 3.05) is 5.32 Å². The number of halogens is 2. The van der Waals surface area contributed by atoms with Crippen molar-refractivity contribution >= 4 is 23.3 Å². The molecule has 0 unspecified atom stereocenters. The molecule has 0 radical (unpaired) electrons. The van der Waals surface area contributed by atoms with Crippen LogP contribution in [-0.2, 0) is 4.79 Å². The molecule has 1 atom stereocenters. The number of pyridine rings is 2. The van der Waals surface area contributed by atoms with Crippen molar-refractivity contribution < 1.29 is 18.7 Å². The van der Waals surface area contributed by atoms with Crippen LogP contribution < -0.4 is 5.32 Å². The minimum Gasteiger partial charge on any atom is -0.483 e. The zero-order valence-corrected chi connectivity index (χ0v) is 16.5. The topological polar surface area (TPSA) is 128 Å². The van der Waals surface area contributed by atoms with Gasteiger partial charge in [0.2, 0.25) is 0 Å². The highest BCUT2D eigenvalue weighted by molar-refractivity contribution is 5.91. The molecule has 0 amide bonds. The summed E-state index contributed by atoms with van der Waals surface area (Å²) in [7, 11) is 0. The van der Waals surface area contributed by atoms with Crippen molar-refractivity contribution in [3.8, 4) is 17.5 Å². The number of anilines is 1. The van der Waals surface area contributed by atoms with E-state index < -0.39 is 11.6 Å². The van der Waals surface area contributed by atoms with Crippen LogP contribution in [0.15, 0.2) is 18.3 Å². The number of aromatic nitrogens is 4. The lowest BCUT2D eigenvalue weighted by molar-refractivity contribution is -0.122. The van der Waals surface area contributed by atoms with Gasteiger partial charge in [0.05, 0.1) is 22.8 Å². The molecule has 160 valence electrons. The summed E-state index contributed by atoms with van der Waals surface area (Å²) in [5, 5.41) is 26.8. The molecule has 0 aromatic carbocycles. The summed E-state index contributed by atoms with van der Waals surface area (Å²) in [4.78, 5) is 16.7. The van der Waals surface area contributed by atoms with E-state index in [-0.39, 0.29) is 29.6 Å². The lowest BCUT2D eigenvalue weighted by Gasteiger charge is -2.42. The minimum absolute atomic E-state index is 0.0584. The van der Waals surface area contributed by atoms with Crippen LogP contribution in [0, 0.1) is 34.8 Å². The monoisotopic (exact) mass is 426 g/mol. The van der Waals surface area contributed by atoms with E-state index in [1.54, 1.807) is 0 Å². The number of H-pyrrole nitrogens is 1. The number of carboxylic acid groups (broad SMARTS) is 1. The zero-order valence-electron chi connectivity index (χ0n) is 16.5. The van der Waals surface area contributed by atoms with Gasteiger partial charge < -0.3 is 10.4 Å². The normalized spacial score (nSPS) is 21.8. The summed E-state index contributed by atoms with van der Waals surface area (Å²) in [6.45, 7) is -0.250. The van der Waals surface area contributed by atoms with Gasteiger partial charge >= 0.3 is 0 Å². The van der Waals surface area contributed by atoms with Crippen molar-refractivity contribution in [1.82, 2.24) is 20.2 Å². The number of hydrogen-bond acceptors (Lipinski definition) is 6. The number of hydrogen-bond donors (Lipinski definition) is 3. The number of nitrogens with one attached hydrogen (secondary N) is 2. The fraction of sp³-hybridized carbons (Fsp3) is 0.381. The molecule has 3 aromatic heterocycles. The summed E-state index contributed by atoms with van der Waals surface area (Å²) < 4.78 is 28.3. The van der Waals surface area contributed by atoms with Crippen LogP contribution in [0.3, 0.4) is 0 Å². The summed E-state index contributed by atoms with van der Waals surface area (Å²) in [6, 6.07) is 4.61. The van der Waals surface area contributed by atoms with E-state index >= 15 is 0 Å². The van der Waals surface area contributed by atoms with Crippen LogP contribution in [0.2, 0.25) is 0 Å². The molecule has 3 aromatic rings. The average molecular weight is 426 g/mol. The standard InChI is InChI=1S/C20H18F2N6.CH2O2/c21-13-7-14-18(27-28-19(14)24-9-13)17-12(8-23)6-15(22)20(26-17)25-16-5-10-1-3-11(16)4-2-10;2-1-3/h6-7,9-11,16H,1-5H2,(H,25,26)(H,24,27,28);1H,(H,2,3)/t10?,11?,16-;/m0./s1. The first-order valence-corrected chi connectivity index (χ1v) is 9.99. The Kier molecular flexibility index (Phi) is 5.75. The van der Waals surface area contributed by atoms with Gasteiger partial charge in [-0.1, -0.05) is 12.8 Å². The highest BCUT2D eigenvalue weighted by Gasteiger charge is 2.36. The first-order valence-electron chi connectivity index (χ1n) is 9.99. The molecular formula is C21H20F2N6O2. The van der Waals surface area contributed by atoms with Gasteiger partial charge in [-0.15, -0.1) is 0 Å². The van der Waals surface area contributed by atoms with E-state index in [0.717, 1.165) is 25.5 Å². The summed E-state index contributed by atoms with van der Waals surface area (Å²) in [5.41, 5.74) is 0.961. The van der Waals surface area contributed by atoms with E-state index in [9.17, 15) is 14.0 Å². The summed E-state index contributed by atoms with van der Waals surface area (Å²) in [5.74, 6) is 0.256. The van der Waals surface area contributed by atoms with Crippen LogP contribution in [0.25, 0.3) is 22.4 Å². The van der Waals surface area contributed by atoms with Gasteiger partial charge in [0, 0.05) is 6.04 Å². The highest BCUT2D eigenvalue weighted by atomic mass is 19.1. The van der Waals surface area contributed by atoms with Gasteiger partial charge in [-0.2, -0.15) is 10.4 Å². The first-order chi connectivity index (χ1) is 15.0. The van der Waals surface area contributed by atoms with Crippen molar-refractivity contribution in [3.05, 3.63) is 35.5 Å². The number of rotatable bonds is 3. The van der Waals surface area contributed by atoms with Crippen molar-refractivity contribution in [2.45, 2.75) is 38.1 Å². The Morgan fingerprint density at radius 1 is 1.26 bits per heavy atom. The third-order valence-electron chi connectivity index (χ3n) is 6.08. The van der Waals surface area contributed by atoms with Gasteiger partial charge in [0.25, 0.3) is 6.47 Å². The summed E-state index contributed by atoms with van der Waals surface area (Å²) >= 11 is 0. The van der Waals surface area contributed by atoms with E-state index in [0.29, 0.717) is 28.6 Å². The van der Waals surface area contributed by atoms with E-state index in [1.165, 1.54) is 25.0 Å². The molecular weight excluding hydrogens is 406 g/mol.